The molecule has 1 rings (SSSR count). The van der Waals surface area contributed by atoms with Crippen molar-refractivity contribution >= 4 is 5.69 Å². The smallest absolute Gasteiger partial charge is 0.0556 e. The number of anilines is 1. The number of rotatable bonds is 3. The lowest BCUT2D eigenvalue weighted by Gasteiger charge is -2.11. The molecular formula is C11H18N2. The maximum Gasteiger partial charge on any atom is 0.0556 e. The molecule has 0 radical (unpaired) electrons. The summed E-state index contributed by atoms with van der Waals surface area (Å²) in [7, 11) is 0. The molecule has 0 aliphatic rings. The molecule has 0 fully saturated rings. The maximum atomic E-state index is 4.26. The molecule has 0 aliphatic heterocycles. The van der Waals surface area contributed by atoms with Gasteiger partial charge in [-0.3, -0.25) is 4.98 Å². The van der Waals surface area contributed by atoms with Crippen LogP contribution in [0.25, 0.3) is 0 Å². The average Bonchev–Trinajstić information content (AvgIpc) is 2.02. The molecule has 0 amide bonds. The van der Waals surface area contributed by atoms with Gasteiger partial charge in [0.2, 0.25) is 0 Å². The third kappa shape index (κ3) is 3.05. The minimum Gasteiger partial charge on any atom is -0.383 e. The van der Waals surface area contributed by atoms with Gasteiger partial charge in [0, 0.05) is 12.2 Å². The van der Waals surface area contributed by atoms with Gasteiger partial charge in [-0.05, 0) is 31.4 Å². The highest BCUT2D eigenvalue weighted by molar-refractivity contribution is 5.48. The first kappa shape index (κ1) is 10.0. The summed E-state index contributed by atoms with van der Waals surface area (Å²) in [5.74, 6) is 0.667. The maximum absolute atomic E-state index is 4.26. The summed E-state index contributed by atoms with van der Waals surface area (Å²) in [5, 5.41) is 3.38. The summed E-state index contributed by atoms with van der Waals surface area (Å²) < 4.78 is 0. The first-order chi connectivity index (χ1) is 6.09. The van der Waals surface area contributed by atoms with Gasteiger partial charge in [0.15, 0.2) is 0 Å². The number of hydrogen-bond donors (Lipinski definition) is 1. The first-order valence-corrected chi connectivity index (χ1v) is 4.76. The molecule has 2 nitrogen and oxygen atoms in total. The number of aryl methyl sites for hydroxylation is 2. The molecule has 0 bridgehead atoms. The minimum absolute atomic E-state index is 0.667. The Labute approximate surface area is 80.4 Å². The van der Waals surface area contributed by atoms with Crippen molar-refractivity contribution in [2.75, 3.05) is 11.9 Å². The summed E-state index contributed by atoms with van der Waals surface area (Å²) >= 11 is 0. The van der Waals surface area contributed by atoms with E-state index in [4.69, 9.17) is 0 Å². The van der Waals surface area contributed by atoms with Crippen LogP contribution >= 0.6 is 0 Å². The SMILES string of the molecule is Cc1cc(C)c(NCC(C)C)cn1. The van der Waals surface area contributed by atoms with Crippen molar-refractivity contribution in [2.24, 2.45) is 5.92 Å². The molecule has 0 spiro atoms. The topological polar surface area (TPSA) is 24.9 Å². The van der Waals surface area contributed by atoms with Gasteiger partial charge in [0.1, 0.15) is 0 Å². The Balaban J connectivity index is 2.67. The standard InChI is InChI=1S/C11H18N2/c1-8(2)6-13-11-7-12-10(4)5-9(11)3/h5,7-8,13H,6H2,1-4H3. The Morgan fingerprint density at radius 3 is 2.62 bits per heavy atom. The van der Waals surface area contributed by atoms with Gasteiger partial charge in [0.05, 0.1) is 11.9 Å². The predicted octanol–water partition coefficient (Wildman–Crippen LogP) is 2.77. The van der Waals surface area contributed by atoms with Crippen molar-refractivity contribution in [3.05, 3.63) is 23.5 Å². The largest absolute Gasteiger partial charge is 0.383 e. The van der Waals surface area contributed by atoms with Gasteiger partial charge >= 0.3 is 0 Å². The van der Waals surface area contributed by atoms with E-state index in [1.54, 1.807) is 0 Å². The molecule has 72 valence electrons. The number of nitrogens with one attached hydrogen (secondary N) is 1. The van der Waals surface area contributed by atoms with Gasteiger partial charge in [-0.15, -0.1) is 0 Å². The van der Waals surface area contributed by atoms with E-state index >= 15 is 0 Å². The Morgan fingerprint density at radius 2 is 2.08 bits per heavy atom. The fourth-order valence-electron chi connectivity index (χ4n) is 1.20. The molecule has 0 unspecified atom stereocenters. The Morgan fingerprint density at radius 1 is 1.38 bits per heavy atom. The number of nitrogens with zero attached hydrogens (tertiary/aromatic N) is 1. The summed E-state index contributed by atoms with van der Waals surface area (Å²) in [6, 6.07) is 2.10. The van der Waals surface area contributed by atoms with Gasteiger partial charge in [-0.2, -0.15) is 0 Å². The highest BCUT2D eigenvalue weighted by Gasteiger charge is 1.99. The second-order valence-corrected chi connectivity index (χ2v) is 3.92. The second kappa shape index (κ2) is 4.26. The molecule has 0 aliphatic carbocycles. The quantitative estimate of drug-likeness (QED) is 0.769. The lowest BCUT2D eigenvalue weighted by atomic mass is 10.2. The van der Waals surface area contributed by atoms with Gasteiger partial charge in [-0.25, -0.2) is 0 Å². The fraction of sp³-hybridized carbons (Fsp3) is 0.545. The Kier molecular flexibility index (Phi) is 3.29. The summed E-state index contributed by atoms with van der Waals surface area (Å²) in [4.78, 5) is 4.26. The molecule has 1 heterocycles. The normalized spacial score (nSPS) is 10.5. The van der Waals surface area contributed by atoms with E-state index in [9.17, 15) is 0 Å². The van der Waals surface area contributed by atoms with Gasteiger partial charge < -0.3 is 5.32 Å². The number of aromatic nitrogens is 1. The van der Waals surface area contributed by atoms with Crippen molar-refractivity contribution in [2.45, 2.75) is 27.7 Å². The van der Waals surface area contributed by atoms with Crippen molar-refractivity contribution in [3.8, 4) is 0 Å². The molecular weight excluding hydrogens is 160 g/mol. The molecule has 0 saturated heterocycles. The number of pyridine rings is 1. The molecule has 0 aromatic carbocycles. The van der Waals surface area contributed by atoms with Gasteiger partial charge in [-0.1, -0.05) is 13.8 Å². The van der Waals surface area contributed by atoms with Crippen molar-refractivity contribution in [1.82, 2.24) is 4.98 Å². The van der Waals surface area contributed by atoms with E-state index in [0.29, 0.717) is 5.92 Å². The monoisotopic (exact) mass is 178 g/mol. The molecule has 2 heteroatoms. The summed E-state index contributed by atoms with van der Waals surface area (Å²) in [5.41, 5.74) is 3.50. The molecule has 0 atom stereocenters. The van der Waals surface area contributed by atoms with Crippen LogP contribution < -0.4 is 5.32 Å². The summed E-state index contributed by atoms with van der Waals surface area (Å²) in [6.07, 6.45) is 1.91. The zero-order chi connectivity index (χ0) is 9.84. The highest BCUT2D eigenvalue weighted by Crippen LogP contribution is 2.13. The van der Waals surface area contributed by atoms with E-state index in [-0.39, 0.29) is 0 Å². The van der Waals surface area contributed by atoms with Crippen LogP contribution in [0.1, 0.15) is 25.1 Å². The van der Waals surface area contributed by atoms with Crippen LogP contribution in [0.3, 0.4) is 0 Å². The Bertz CT molecular complexity index is 279. The lowest BCUT2D eigenvalue weighted by molar-refractivity contribution is 0.688. The predicted molar refractivity (Wildman–Crippen MR) is 57.0 cm³/mol. The van der Waals surface area contributed by atoms with Crippen LogP contribution in [0.15, 0.2) is 12.3 Å². The van der Waals surface area contributed by atoms with E-state index in [1.807, 2.05) is 13.1 Å². The lowest BCUT2D eigenvalue weighted by Crippen LogP contribution is -2.09. The average molecular weight is 178 g/mol. The zero-order valence-corrected chi connectivity index (χ0v) is 8.89. The summed E-state index contributed by atoms with van der Waals surface area (Å²) in [6.45, 7) is 9.52. The zero-order valence-electron chi connectivity index (χ0n) is 8.89. The van der Waals surface area contributed by atoms with E-state index in [0.717, 1.165) is 17.9 Å². The van der Waals surface area contributed by atoms with Crippen molar-refractivity contribution in [3.63, 3.8) is 0 Å². The van der Waals surface area contributed by atoms with Gasteiger partial charge in [0.25, 0.3) is 0 Å². The third-order valence-electron chi connectivity index (χ3n) is 1.95. The highest BCUT2D eigenvalue weighted by atomic mass is 14.9. The molecule has 0 saturated carbocycles. The first-order valence-electron chi connectivity index (χ1n) is 4.76. The minimum atomic E-state index is 0.667. The van der Waals surface area contributed by atoms with E-state index < -0.39 is 0 Å². The van der Waals surface area contributed by atoms with Crippen LogP contribution in [0.4, 0.5) is 5.69 Å². The second-order valence-electron chi connectivity index (χ2n) is 3.92. The fourth-order valence-corrected chi connectivity index (χ4v) is 1.20. The number of hydrogen-bond acceptors (Lipinski definition) is 2. The van der Waals surface area contributed by atoms with Crippen LogP contribution in [0.2, 0.25) is 0 Å². The van der Waals surface area contributed by atoms with Crippen LogP contribution in [-0.2, 0) is 0 Å². The van der Waals surface area contributed by atoms with Crippen LogP contribution in [-0.4, -0.2) is 11.5 Å². The molecule has 1 aromatic rings. The van der Waals surface area contributed by atoms with Crippen LogP contribution in [0.5, 0.6) is 0 Å². The van der Waals surface area contributed by atoms with Crippen LogP contribution in [0, 0.1) is 19.8 Å². The Hall–Kier alpha value is -1.05. The van der Waals surface area contributed by atoms with E-state index in [2.05, 4.69) is 37.1 Å². The van der Waals surface area contributed by atoms with E-state index in [1.165, 1.54) is 5.56 Å². The molecule has 13 heavy (non-hydrogen) atoms. The van der Waals surface area contributed by atoms with Crippen molar-refractivity contribution in [1.29, 1.82) is 0 Å². The third-order valence-corrected chi connectivity index (χ3v) is 1.95. The molecule has 1 aromatic heterocycles. The van der Waals surface area contributed by atoms with Crippen molar-refractivity contribution < 1.29 is 0 Å². The molecule has 1 N–H and O–H groups in total.